The molecule has 0 aromatic carbocycles. The molecule has 0 fully saturated rings. The summed E-state index contributed by atoms with van der Waals surface area (Å²) in [4.78, 5) is 16.8. The number of hydrogen-bond acceptors (Lipinski definition) is 3. The minimum atomic E-state index is -4.54. The molecule has 0 aromatic heterocycles. The van der Waals surface area contributed by atoms with Gasteiger partial charge in [-0.15, -0.1) is 0 Å². The van der Waals surface area contributed by atoms with Crippen molar-refractivity contribution in [3.8, 4) is 0 Å². The Labute approximate surface area is 65.5 Å². The Morgan fingerprint density at radius 3 is 2.18 bits per heavy atom. The molecule has 0 saturated carbocycles. The Hall–Kier alpha value is -0.200. The third-order valence-corrected chi connectivity index (χ3v) is 2.06. The molecule has 66 valence electrons. The molecule has 11 heavy (non-hydrogen) atoms. The van der Waals surface area contributed by atoms with Gasteiger partial charge < -0.3 is 14.0 Å². The number of hydrogen-bond donors (Lipinski definition) is 3. The number of allylic oxidation sites excluding steroid dienone is 1. The highest BCUT2D eigenvalue weighted by atomic mass is 32.2. The largest absolute Gasteiger partial charge is 0.391 e. The topological polar surface area (TPSA) is 104 Å². The maximum Gasteiger partial charge on any atom is 0.391 e. The maximum absolute atomic E-state index is 10.4. The number of rotatable bonds is 3. The molecular formula is C3H7O6PS. The van der Waals surface area contributed by atoms with Gasteiger partial charge in [0, 0.05) is 0 Å². The van der Waals surface area contributed by atoms with Gasteiger partial charge in [0.2, 0.25) is 5.50 Å². The van der Waals surface area contributed by atoms with Gasteiger partial charge in [-0.2, -0.15) is 4.21 Å². The Kier molecular flexibility index (Phi) is 3.91. The van der Waals surface area contributed by atoms with E-state index in [9.17, 15) is 8.77 Å². The van der Waals surface area contributed by atoms with E-state index in [1.165, 1.54) is 6.92 Å². The highest BCUT2D eigenvalue weighted by molar-refractivity contribution is 7.74. The highest BCUT2D eigenvalue weighted by Gasteiger charge is 2.23. The average Bonchev–Trinajstić information content (AvgIpc) is 1.79. The van der Waals surface area contributed by atoms with Gasteiger partial charge in [-0.25, -0.2) is 0 Å². The lowest BCUT2D eigenvalue weighted by molar-refractivity contribution is 0.336. The predicted octanol–water partition coefficient (Wildman–Crippen LogP) is 0.179. The first-order valence-electron chi connectivity index (χ1n) is 2.39. The first-order valence-corrected chi connectivity index (χ1v) is 5.04. The molecular weight excluding hydrogens is 195 g/mol. The van der Waals surface area contributed by atoms with Gasteiger partial charge in [-0.1, -0.05) is 0 Å². The third-order valence-electron chi connectivity index (χ3n) is 0.691. The Balaban J connectivity index is 4.47. The molecule has 0 spiro atoms. The summed E-state index contributed by atoms with van der Waals surface area (Å²) >= 11 is -2.70. The standard InChI is InChI=1S/C3H7O6PS/c1-2-3(9-11(7)8)10(4,5)6/h2H,1H3,(H,7,8)(H2,4,5,6). The summed E-state index contributed by atoms with van der Waals surface area (Å²) < 4.78 is 32.2. The van der Waals surface area contributed by atoms with Crippen LogP contribution in [0.3, 0.4) is 0 Å². The van der Waals surface area contributed by atoms with Crippen LogP contribution in [-0.2, 0) is 20.1 Å². The fraction of sp³-hybridized carbons (Fsp3) is 0.333. The molecule has 0 bridgehead atoms. The lowest BCUT2D eigenvalue weighted by Gasteiger charge is -2.05. The van der Waals surface area contributed by atoms with Crippen molar-refractivity contribution in [2.45, 2.75) is 6.92 Å². The van der Waals surface area contributed by atoms with Crippen LogP contribution in [0.5, 0.6) is 0 Å². The van der Waals surface area contributed by atoms with Crippen LogP contribution >= 0.6 is 7.60 Å². The lowest BCUT2D eigenvalue weighted by atomic mass is 10.7. The van der Waals surface area contributed by atoms with Gasteiger partial charge in [0.1, 0.15) is 0 Å². The monoisotopic (exact) mass is 202 g/mol. The van der Waals surface area contributed by atoms with Crippen LogP contribution in [0.4, 0.5) is 0 Å². The molecule has 0 aliphatic rings. The molecule has 0 heterocycles. The molecule has 0 radical (unpaired) electrons. The molecule has 0 aromatic rings. The molecule has 3 N–H and O–H groups in total. The highest BCUT2D eigenvalue weighted by Crippen LogP contribution is 2.45. The first-order chi connectivity index (χ1) is 4.88. The zero-order valence-electron chi connectivity index (χ0n) is 5.50. The Bertz CT molecular complexity index is 228. The second-order valence-corrected chi connectivity index (χ2v) is 3.60. The summed E-state index contributed by atoms with van der Waals surface area (Å²) in [5.74, 6) is 0. The van der Waals surface area contributed by atoms with Crippen molar-refractivity contribution in [1.29, 1.82) is 0 Å². The van der Waals surface area contributed by atoms with Crippen LogP contribution in [0.1, 0.15) is 6.92 Å². The van der Waals surface area contributed by atoms with E-state index in [2.05, 4.69) is 4.18 Å². The SMILES string of the molecule is CC=C(OS(=O)O)P(=O)(O)O. The molecule has 8 heteroatoms. The van der Waals surface area contributed by atoms with Gasteiger partial charge in [0.05, 0.1) is 0 Å². The van der Waals surface area contributed by atoms with Gasteiger partial charge in [0.15, 0.2) is 0 Å². The van der Waals surface area contributed by atoms with Crippen molar-refractivity contribution >= 4 is 19.0 Å². The summed E-state index contributed by atoms with van der Waals surface area (Å²) in [6.45, 7) is 1.28. The molecule has 0 aliphatic heterocycles. The predicted molar refractivity (Wildman–Crippen MR) is 37.7 cm³/mol. The zero-order valence-corrected chi connectivity index (χ0v) is 7.21. The van der Waals surface area contributed by atoms with E-state index in [1.807, 2.05) is 0 Å². The van der Waals surface area contributed by atoms with Crippen LogP contribution < -0.4 is 0 Å². The Morgan fingerprint density at radius 1 is 1.64 bits per heavy atom. The van der Waals surface area contributed by atoms with Gasteiger partial charge in [0.25, 0.3) is 0 Å². The van der Waals surface area contributed by atoms with E-state index in [0.29, 0.717) is 0 Å². The summed E-state index contributed by atoms with van der Waals surface area (Å²) in [6.07, 6.45) is 0.925. The molecule has 0 saturated heterocycles. The van der Waals surface area contributed by atoms with Crippen LogP contribution in [-0.4, -0.2) is 18.5 Å². The second-order valence-electron chi connectivity index (χ2n) is 1.47. The van der Waals surface area contributed by atoms with Gasteiger partial charge in [-0.3, -0.25) is 9.12 Å². The summed E-state index contributed by atoms with van der Waals surface area (Å²) in [7, 11) is -4.54. The fourth-order valence-electron chi connectivity index (χ4n) is 0.338. The molecule has 0 rings (SSSR count). The molecule has 6 nitrogen and oxygen atoms in total. The quantitative estimate of drug-likeness (QED) is 0.342. The van der Waals surface area contributed by atoms with Crippen LogP contribution in [0.15, 0.2) is 11.6 Å². The summed E-state index contributed by atoms with van der Waals surface area (Å²) in [6, 6.07) is 0. The second kappa shape index (κ2) is 3.99. The minimum absolute atomic E-state index is 0.807. The molecule has 0 aliphatic carbocycles. The van der Waals surface area contributed by atoms with E-state index in [4.69, 9.17) is 14.3 Å². The third kappa shape index (κ3) is 4.28. The van der Waals surface area contributed by atoms with Crippen molar-refractivity contribution in [2.75, 3.05) is 0 Å². The zero-order chi connectivity index (χ0) is 9.07. The van der Waals surface area contributed by atoms with Crippen LogP contribution in [0, 0.1) is 0 Å². The van der Waals surface area contributed by atoms with Crippen molar-refractivity contribution in [2.24, 2.45) is 0 Å². The van der Waals surface area contributed by atoms with Crippen molar-refractivity contribution in [3.05, 3.63) is 11.6 Å². The first kappa shape index (κ1) is 10.8. The van der Waals surface area contributed by atoms with Crippen molar-refractivity contribution < 1.29 is 27.3 Å². The Morgan fingerprint density at radius 2 is 2.09 bits per heavy atom. The summed E-state index contributed by atoms with van der Waals surface area (Å²) in [5.41, 5.74) is -0.807. The van der Waals surface area contributed by atoms with E-state index in [-0.39, 0.29) is 0 Å². The minimum Gasteiger partial charge on any atom is -0.372 e. The van der Waals surface area contributed by atoms with Crippen molar-refractivity contribution in [1.82, 2.24) is 0 Å². The van der Waals surface area contributed by atoms with Crippen LogP contribution in [0.25, 0.3) is 0 Å². The normalized spacial score (nSPS) is 16.2. The smallest absolute Gasteiger partial charge is 0.372 e. The van der Waals surface area contributed by atoms with Crippen LogP contribution in [0.2, 0.25) is 0 Å². The van der Waals surface area contributed by atoms with Crippen molar-refractivity contribution in [3.63, 3.8) is 0 Å². The summed E-state index contributed by atoms with van der Waals surface area (Å²) in [5, 5.41) is 0. The maximum atomic E-state index is 10.4. The van der Waals surface area contributed by atoms with Gasteiger partial charge in [-0.05, 0) is 13.0 Å². The fourth-order valence-corrected chi connectivity index (χ4v) is 1.50. The average molecular weight is 202 g/mol. The molecule has 1 unspecified atom stereocenters. The van der Waals surface area contributed by atoms with E-state index in [0.717, 1.165) is 6.08 Å². The van der Waals surface area contributed by atoms with Gasteiger partial charge >= 0.3 is 19.0 Å². The lowest BCUT2D eigenvalue weighted by Crippen LogP contribution is -1.96. The van der Waals surface area contributed by atoms with E-state index in [1.54, 1.807) is 0 Å². The molecule has 0 amide bonds. The van der Waals surface area contributed by atoms with E-state index >= 15 is 0 Å². The van der Waals surface area contributed by atoms with E-state index < -0.39 is 24.5 Å². The molecule has 1 atom stereocenters.